The van der Waals surface area contributed by atoms with Crippen LogP contribution >= 0.6 is 11.3 Å². The molecule has 0 aliphatic rings. The predicted octanol–water partition coefficient (Wildman–Crippen LogP) is 1.27. The summed E-state index contributed by atoms with van der Waals surface area (Å²) < 4.78 is 28.8. The van der Waals surface area contributed by atoms with Gasteiger partial charge in [-0.3, -0.25) is 9.40 Å². The Morgan fingerprint density at radius 2 is 2.26 bits per heavy atom. The fourth-order valence-corrected chi connectivity index (χ4v) is 3.97. The maximum Gasteiger partial charge on any atom is 0.271 e. The van der Waals surface area contributed by atoms with Gasteiger partial charge < -0.3 is 5.73 Å². The molecular weight excluding hydrogens is 284 g/mol. The minimum absolute atomic E-state index is 0.292. The quantitative estimate of drug-likeness (QED) is 0.840. The number of aryl methyl sites for hydroxylation is 1. The van der Waals surface area contributed by atoms with Crippen LogP contribution in [0.3, 0.4) is 0 Å². The van der Waals surface area contributed by atoms with E-state index in [1.807, 2.05) is 6.92 Å². The van der Waals surface area contributed by atoms with E-state index in [9.17, 15) is 8.42 Å². The van der Waals surface area contributed by atoms with E-state index in [0.717, 1.165) is 4.88 Å². The Hall–Kier alpha value is -1.38. The Labute approximate surface area is 116 Å². The van der Waals surface area contributed by atoms with Crippen molar-refractivity contribution in [2.24, 2.45) is 5.73 Å². The molecule has 3 N–H and O–H groups in total. The van der Waals surface area contributed by atoms with E-state index < -0.39 is 10.0 Å². The molecule has 2 heterocycles. The number of rotatable bonds is 6. The molecule has 104 valence electrons. The van der Waals surface area contributed by atoms with Gasteiger partial charge in [0.1, 0.15) is 4.21 Å². The van der Waals surface area contributed by atoms with Gasteiger partial charge in [-0.2, -0.15) is 5.10 Å². The van der Waals surface area contributed by atoms with Crippen LogP contribution in [-0.4, -0.2) is 24.7 Å². The molecule has 2 rings (SSSR count). The predicted molar refractivity (Wildman–Crippen MR) is 75.8 cm³/mol. The first-order valence-corrected chi connectivity index (χ1v) is 8.19. The number of hydrogen-bond acceptors (Lipinski definition) is 5. The smallest absolute Gasteiger partial charge is 0.271 e. The first kappa shape index (κ1) is 14.0. The topological polar surface area (TPSA) is 90.0 Å². The lowest BCUT2D eigenvalue weighted by atomic mass is 10.3. The van der Waals surface area contributed by atoms with Crippen LogP contribution < -0.4 is 10.5 Å². The van der Waals surface area contributed by atoms with Crippen molar-refractivity contribution in [3.05, 3.63) is 29.4 Å². The second kappa shape index (κ2) is 5.72. The molecule has 2 aromatic rings. The van der Waals surface area contributed by atoms with Gasteiger partial charge in [0.05, 0.1) is 11.9 Å². The third-order valence-corrected chi connectivity index (χ3v) is 5.52. The summed E-state index contributed by atoms with van der Waals surface area (Å²) in [5.74, 6) is 0. The molecule has 6 nitrogen and oxygen atoms in total. The molecule has 0 radical (unpaired) electrons. The zero-order chi connectivity index (χ0) is 13.9. The SMILES string of the molecule is CCn1cc(NS(=O)(=O)c2ccc(CCN)s2)cn1. The molecule has 0 fully saturated rings. The largest absolute Gasteiger partial charge is 0.330 e. The zero-order valence-electron chi connectivity index (χ0n) is 10.5. The van der Waals surface area contributed by atoms with E-state index in [-0.39, 0.29) is 0 Å². The summed E-state index contributed by atoms with van der Waals surface area (Å²) in [6, 6.07) is 3.39. The number of sulfonamides is 1. The van der Waals surface area contributed by atoms with Gasteiger partial charge >= 0.3 is 0 Å². The van der Waals surface area contributed by atoms with Crippen LogP contribution in [-0.2, 0) is 23.0 Å². The van der Waals surface area contributed by atoms with Crippen molar-refractivity contribution in [2.75, 3.05) is 11.3 Å². The van der Waals surface area contributed by atoms with E-state index in [2.05, 4.69) is 9.82 Å². The normalized spacial score (nSPS) is 11.7. The molecule has 0 saturated heterocycles. The van der Waals surface area contributed by atoms with Gasteiger partial charge in [0, 0.05) is 17.6 Å². The van der Waals surface area contributed by atoms with E-state index in [1.165, 1.54) is 17.5 Å². The van der Waals surface area contributed by atoms with Crippen molar-refractivity contribution in [1.82, 2.24) is 9.78 Å². The van der Waals surface area contributed by atoms with Gasteiger partial charge in [0.25, 0.3) is 10.0 Å². The summed E-state index contributed by atoms with van der Waals surface area (Å²) in [6.45, 7) is 3.14. The first-order valence-electron chi connectivity index (χ1n) is 5.89. The number of hydrogen-bond donors (Lipinski definition) is 2. The monoisotopic (exact) mass is 300 g/mol. The van der Waals surface area contributed by atoms with E-state index >= 15 is 0 Å². The summed E-state index contributed by atoms with van der Waals surface area (Å²) >= 11 is 1.24. The van der Waals surface area contributed by atoms with Crippen LogP contribution in [0.1, 0.15) is 11.8 Å². The summed E-state index contributed by atoms with van der Waals surface area (Å²) in [4.78, 5) is 0.965. The van der Waals surface area contributed by atoms with Crippen LogP contribution in [0.25, 0.3) is 0 Å². The van der Waals surface area contributed by atoms with E-state index in [4.69, 9.17) is 5.73 Å². The highest BCUT2D eigenvalue weighted by molar-refractivity contribution is 7.94. The zero-order valence-corrected chi connectivity index (χ0v) is 12.2. The van der Waals surface area contributed by atoms with Crippen LogP contribution in [0.4, 0.5) is 5.69 Å². The van der Waals surface area contributed by atoms with Crippen molar-refractivity contribution >= 4 is 27.0 Å². The molecule has 0 bridgehead atoms. The molecule has 8 heteroatoms. The minimum atomic E-state index is -3.53. The van der Waals surface area contributed by atoms with Crippen molar-refractivity contribution in [3.8, 4) is 0 Å². The Bertz CT molecular complexity index is 645. The molecule has 0 aromatic carbocycles. The number of nitrogens with zero attached hydrogens (tertiary/aromatic N) is 2. The van der Waals surface area contributed by atoms with Crippen LogP contribution in [0.5, 0.6) is 0 Å². The molecule has 19 heavy (non-hydrogen) atoms. The Morgan fingerprint density at radius 3 is 2.89 bits per heavy atom. The number of nitrogens with one attached hydrogen (secondary N) is 1. The third kappa shape index (κ3) is 3.34. The number of anilines is 1. The second-order valence-electron chi connectivity index (χ2n) is 3.95. The number of thiophene rings is 1. The summed E-state index contributed by atoms with van der Waals surface area (Å²) in [6.07, 6.45) is 3.84. The van der Waals surface area contributed by atoms with Crippen molar-refractivity contribution in [3.63, 3.8) is 0 Å². The Balaban J connectivity index is 2.16. The second-order valence-corrected chi connectivity index (χ2v) is 7.03. The fraction of sp³-hybridized carbons (Fsp3) is 0.364. The summed E-state index contributed by atoms with van der Waals surface area (Å²) in [5, 5.41) is 4.02. The van der Waals surface area contributed by atoms with E-state index in [0.29, 0.717) is 29.4 Å². The van der Waals surface area contributed by atoms with Crippen molar-refractivity contribution < 1.29 is 8.42 Å². The maximum absolute atomic E-state index is 12.1. The summed E-state index contributed by atoms with van der Waals surface area (Å²) in [7, 11) is -3.53. The molecule has 0 atom stereocenters. The molecule has 0 saturated carbocycles. The first-order chi connectivity index (χ1) is 9.05. The van der Waals surface area contributed by atoms with Crippen molar-refractivity contribution in [2.45, 2.75) is 24.1 Å². The van der Waals surface area contributed by atoms with E-state index in [1.54, 1.807) is 23.0 Å². The molecule has 0 aliphatic heterocycles. The van der Waals surface area contributed by atoms with Gasteiger partial charge in [0.2, 0.25) is 0 Å². The Morgan fingerprint density at radius 1 is 1.47 bits per heavy atom. The number of nitrogens with two attached hydrogens (primary N) is 1. The third-order valence-electron chi connectivity index (χ3n) is 2.50. The molecule has 0 aliphatic carbocycles. The lowest BCUT2D eigenvalue weighted by molar-refractivity contribution is 0.603. The highest BCUT2D eigenvalue weighted by Crippen LogP contribution is 2.24. The number of aromatic nitrogens is 2. The Kier molecular flexibility index (Phi) is 4.23. The van der Waals surface area contributed by atoms with Crippen LogP contribution in [0, 0.1) is 0 Å². The van der Waals surface area contributed by atoms with Gasteiger partial charge in [-0.05, 0) is 32.0 Å². The average Bonchev–Trinajstić information content (AvgIpc) is 2.98. The fourth-order valence-electron chi connectivity index (χ4n) is 1.57. The minimum Gasteiger partial charge on any atom is -0.330 e. The lowest BCUT2D eigenvalue weighted by Gasteiger charge is -2.02. The highest BCUT2D eigenvalue weighted by Gasteiger charge is 2.17. The molecule has 2 aromatic heterocycles. The molecule has 0 spiro atoms. The van der Waals surface area contributed by atoms with Crippen molar-refractivity contribution in [1.29, 1.82) is 0 Å². The molecule has 0 amide bonds. The van der Waals surface area contributed by atoms with Crippen LogP contribution in [0.15, 0.2) is 28.7 Å². The maximum atomic E-state index is 12.1. The average molecular weight is 300 g/mol. The summed E-state index contributed by atoms with van der Waals surface area (Å²) in [5.41, 5.74) is 5.92. The van der Waals surface area contributed by atoms with Crippen LogP contribution in [0.2, 0.25) is 0 Å². The lowest BCUT2D eigenvalue weighted by Crippen LogP contribution is -2.10. The van der Waals surface area contributed by atoms with Gasteiger partial charge in [-0.25, -0.2) is 8.42 Å². The van der Waals surface area contributed by atoms with Gasteiger partial charge in [0.15, 0.2) is 0 Å². The standard InChI is InChI=1S/C11H16N4O2S2/c1-2-15-8-9(7-13-15)14-19(16,17)11-4-3-10(18-11)5-6-12/h3-4,7-8,14H,2,5-6,12H2,1H3. The van der Waals surface area contributed by atoms with Gasteiger partial charge in [-0.1, -0.05) is 0 Å². The molecule has 0 unspecified atom stereocenters. The van der Waals surface area contributed by atoms with Gasteiger partial charge in [-0.15, -0.1) is 11.3 Å². The molecular formula is C11H16N4O2S2. The highest BCUT2D eigenvalue weighted by atomic mass is 32.2.